The second kappa shape index (κ2) is 10.5. The largest absolute Gasteiger partial charge is 0.457 e. The van der Waals surface area contributed by atoms with Crippen LogP contribution in [0.4, 0.5) is 11.5 Å². The van der Waals surface area contributed by atoms with Crippen molar-refractivity contribution in [3.05, 3.63) is 77.5 Å². The minimum Gasteiger partial charge on any atom is -0.457 e. The Kier molecular flexibility index (Phi) is 7.20. The summed E-state index contributed by atoms with van der Waals surface area (Å²) in [5, 5.41) is 3.16. The molecule has 194 valence electrons. The molecule has 0 bridgehead atoms. The normalized spacial score (nSPS) is 18.3. The number of nitrogens with zero attached hydrogens (tertiary/aromatic N) is 3. The van der Waals surface area contributed by atoms with Crippen LogP contribution in [-0.2, 0) is 23.1 Å². The van der Waals surface area contributed by atoms with Gasteiger partial charge in [0.25, 0.3) is 0 Å². The molecule has 1 aromatic heterocycles. The van der Waals surface area contributed by atoms with Gasteiger partial charge in [-0.25, -0.2) is 4.98 Å². The Bertz CT molecular complexity index is 1260. The van der Waals surface area contributed by atoms with E-state index in [2.05, 4.69) is 72.2 Å². The van der Waals surface area contributed by atoms with Gasteiger partial charge >= 0.3 is 0 Å². The molecule has 2 aliphatic rings. The molecule has 6 nitrogen and oxygen atoms in total. The lowest BCUT2D eigenvalue weighted by atomic mass is 9.83. The number of hydrogen-bond acceptors (Lipinski definition) is 5. The summed E-state index contributed by atoms with van der Waals surface area (Å²) in [4.78, 5) is 22.4. The second-order valence-corrected chi connectivity index (χ2v) is 11.4. The van der Waals surface area contributed by atoms with Gasteiger partial charge in [-0.1, -0.05) is 39.0 Å². The number of likely N-dealkylation sites (N-methyl/N-ethyl adjacent to an activating group) is 1. The van der Waals surface area contributed by atoms with Gasteiger partial charge in [-0.3, -0.25) is 4.79 Å². The fourth-order valence-electron chi connectivity index (χ4n) is 5.14. The average molecular weight is 499 g/mol. The summed E-state index contributed by atoms with van der Waals surface area (Å²) in [6, 6.07) is 18.4. The fourth-order valence-corrected chi connectivity index (χ4v) is 5.14. The van der Waals surface area contributed by atoms with Gasteiger partial charge < -0.3 is 19.9 Å². The van der Waals surface area contributed by atoms with E-state index in [1.54, 1.807) is 0 Å². The van der Waals surface area contributed by atoms with E-state index in [0.29, 0.717) is 0 Å². The minimum absolute atomic E-state index is 0.0426. The Labute approximate surface area is 220 Å². The van der Waals surface area contributed by atoms with Crippen molar-refractivity contribution in [1.29, 1.82) is 0 Å². The number of anilines is 2. The molecule has 0 radical (unpaired) electrons. The number of fused-ring (bicyclic) bond motifs is 1. The van der Waals surface area contributed by atoms with Gasteiger partial charge in [0, 0.05) is 50.0 Å². The van der Waals surface area contributed by atoms with Crippen LogP contribution in [0.25, 0.3) is 0 Å². The van der Waals surface area contributed by atoms with E-state index in [1.165, 1.54) is 16.7 Å². The van der Waals surface area contributed by atoms with Gasteiger partial charge in [-0.15, -0.1) is 0 Å². The maximum absolute atomic E-state index is 13.2. The van der Waals surface area contributed by atoms with Crippen LogP contribution in [0.5, 0.6) is 11.5 Å². The van der Waals surface area contributed by atoms with Gasteiger partial charge in [0.05, 0.1) is 0 Å². The Balaban J connectivity index is 1.25. The zero-order valence-electron chi connectivity index (χ0n) is 22.5. The summed E-state index contributed by atoms with van der Waals surface area (Å²) in [6.45, 7) is 10.6. The van der Waals surface area contributed by atoms with Crippen LogP contribution in [0, 0.1) is 5.92 Å². The smallest absolute Gasteiger partial charge is 0.227 e. The van der Waals surface area contributed by atoms with Crippen LogP contribution >= 0.6 is 0 Å². The lowest BCUT2D eigenvalue weighted by molar-refractivity contribution is -0.120. The summed E-state index contributed by atoms with van der Waals surface area (Å²) >= 11 is 0. The minimum atomic E-state index is -0.0502. The molecule has 1 aliphatic heterocycles. The van der Waals surface area contributed by atoms with Crippen molar-refractivity contribution in [2.45, 2.75) is 45.4 Å². The van der Waals surface area contributed by atoms with E-state index < -0.39 is 0 Å². The van der Waals surface area contributed by atoms with Gasteiger partial charge in [0.15, 0.2) is 0 Å². The molecule has 1 N–H and O–H groups in total. The first-order valence-electron chi connectivity index (χ1n) is 13.4. The van der Waals surface area contributed by atoms with Crippen LogP contribution in [-0.4, -0.2) is 49.0 Å². The first-order valence-corrected chi connectivity index (χ1v) is 13.4. The maximum atomic E-state index is 13.2. The molecule has 5 rings (SSSR count). The summed E-state index contributed by atoms with van der Waals surface area (Å²) in [5.74, 6) is 2.58. The molecular weight excluding hydrogens is 460 g/mol. The molecule has 1 atom stereocenters. The van der Waals surface area contributed by atoms with Crippen LogP contribution in [0.3, 0.4) is 0 Å². The lowest BCUT2D eigenvalue weighted by Crippen LogP contribution is -2.44. The molecule has 1 fully saturated rings. The monoisotopic (exact) mass is 498 g/mol. The van der Waals surface area contributed by atoms with Gasteiger partial charge in [0.2, 0.25) is 5.91 Å². The van der Waals surface area contributed by atoms with E-state index in [0.717, 1.165) is 68.4 Å². The van der Waals surface area contributed by atoms with Crippen LogP contribution in [0.1, 0.15) is 43.9 Å². The third-order valence-corrected chi connectivity index (χ3v) is 7.55. The molecule has 37 heavy (non-hydrogen) atoms. The number of carbonyl (C=O) groups is 1. The van der Waals surface area contributed by atoms with Crippen molar-refractivity contribution in [1.82, 2.24) is 9.88 Å². The predicted octanol–water partition coefficient (Wildman–Crippen LogP) is 5.67. The lowest BCUT2D eigenvalue weighted by Gasteiger charge is -2.33. The Morgan fingerprint density at radius 2 is 1.76 bits per heavy atom. The number of piperazine rings is 1. The highest BCUT2D eigenvalue weighted by Gasteiger charge is 2.26. The SMILES string of the molecule is CN1CCN(c2cc(Oc3ccc4c(c3)CC(C(=O)Nc3cccc(C(C)(C)C)c3)CC4)ccn2)CC1. The molecule has 1 saturated heterocycles. The maximum Gasteiger partial charge on any atom is 0.227 e. The second-order valence-electron chi connectivity index (χ2n) is 11.4. The van der Waals surface area contributed by atoms with Gasteiger partial charge in [-0.05, 0) is 78.7 Å². The Morgan fingerprint density at radius 3 is 2.54 bits per heavy atom. The number of hydrogen-bond donors (Lipinski definition) is 1. The van der Waals surface area contributed by atoms with Crippen LogP contribution in [0.15, 0.2) is 60.8 Å². The summed E-state index contributed by atoms with van der Waals surface area (Å²) in [6.07, 6.45) is 4.30. The Hall–Kier alpha value is -3.38. The molecule has 2 heterocycles. The molecule has 1 unspecified atom stereocenters. The van der Waals surface area contributed by atoms with Crippen molar-refractivity contribution >= 4 is 17.4 Å². The zero-order chi connectivity index (χ0) is 26.0. The molecule has 1 amide bonds. The number of aryl methyl sites for hydroxylation is 1. The topological polar surface area (TPSA) is 57.7 Å². The van der Waals surface area contributed by atoms with Crippen molar-refractivity contribution in [3.63, 3.8) is 0 Å². The van der Waals surface area contributed by atoms with Crippen molar-refractivity contribution in [2.75, 3.05) is 43.4 Å². The van der Waals surface area contributed by atoms with Gasteiger partial charge in [0.1, 0.15) is 17.3 Å². The highest BCUT2D eigenvalue weighted by atomic mass is 16.5. The highest BCUT2D eigenvalue weighted by molar-refractivity contribution is 5.93. The molecule has 2 aromatic carbocycles. The molecule has 3 aromatic rings. The standard InChI is InChI=1S/C31H38N4O2/c1-31(2,3)25-6-5-7-26(20-25)33-30(36)23-9-8-22-10-11-27(19-24(22)18-23)37-28-12-13-32-29(21-28)35-16-14-34(4)15-17-35/h5-7,10-13,19-21,23H,8-9,14-18H2,1-4H3,(H,33,36). The highest BCUT2D eigenvalue weighted by Crippen LogP contribution is 2.32. The zero-order valence-corrected chi connectivity index (χ0v) is 22.5. The number of nitrogens with one attached hydrogen (secondary N) is 1. The number of aromatic nitrogens is 1. The van der Waals surface area contributed by atoms with Crippen LogP contribution < -0.4 is 15.0 Å². The number of amides is 1. The number of benzene rings is 2. The summed E-state index contributed by atoms with van der Waals surface area (Å²) < 4.78 is 6.26. The van der Waals surface area contributed by atoms with Gasteiger partial charge in [-0.2, -0.15) is 0 Å². The summed E-state index contributed by atoms with van der Waals surface area (Å²) in [7, 11) is 2.15. The van der Waals surface area contributed by atoms with Crippen molar-refractivity contribution in [3.8, 4) is 11.5 Å². The van der Waals surface area contributed by atoms with Crippen molar-refractivity contribution in [2.24, 2.45) is 5.92 Å². The number of ether oxygens (including phenoxy) is 1. The van der Waals surface area contributed by atoms with E-state index >= 15 is 0 Å². The third-order valence-electron chi connectivity index (χ3n) is 7.55. The fraction of sp³-hybridized carbons (Fsp3) is 0.419. The van der Waals surface area contributed by atoms with E-state index in [-0.39, 0.29) is 17.2 Å². The quantitative estimate of drug-likeness (QED) is 0.491. The number of carbonyl (C=O) groups excluding carboxylic acids is 1. The van der Waals surface area contributed by atoms with E-state index in [9.17, 15) is 4.79 Å². The molecule has 0 saturated carbocycles. The first kappa shape index (κ1) is 25.3. The molecular formula is C31H38N4O2. The molecule has 0 spiro atoms. The Morgan fingerprint density at radius 1 is 0.973 bits per heavy atom. The predicted molar refractivity (Wildman–Crippen MR) is 150 cm³/mol. The number of rotatable bonds is 5. The summed E-state index contributed by atoms with van der Waals surface area (Å²) in [5.41, 5.74) is 4.63. The van der Waals surface area contributed by atoms with E-state index in [1.807, 2.05) is 36.5 Å². The molecule has 6 heteroatoms. The van der Waals surface area contributed by atoms with Crippen molar-refractivity contribution < 1.29 is 9.53 Å². The number of pyridine rings is 1. The first-order chi connectivity index (χ1) is 17.7. The van der Waals surface area contributed by atoms with Crippen LogP contribution in [0.2, 0.25) is 0 Å². The van der Waals surface area contributed by atoms with E-state index in [4.69, 9.17) is 4.74 Å². The molecule has 1 aliphatic carbocycles. The third kappa shape index (κ3) is 6.13. The average Bonchev–Trinajstić information content (AvgIpc) is 2.88.